The number of amides is 1. The number of nitrogens with one attached hydrogen (secondary N) is 1. The summed E-state index contributed by atoms with van der Waals surface area (Å²) >= 11 is 6.57. The lowest BCUT2D eigenvalue weighted by molar-refractivity contribution is -0.117. The maximum absolute atomic E-state index is 12.5. The van der Waals surface area contributed by atoms with E-state index in [1.807, 2.05) is 67.3 Å². The van der Waals surface area contributed by atoms with Crippen LogP contribution in [-0.2, 0) is 11.3 Å². The molecule has 1 aromatic heterocycles. The molecule has 0 saturated heterocycles. The minimum Gasteiger partial charge on any atom is -0.497 e. The number of benzene rings is 2. The van der Waals surface area contributed by atoms with Crippen LogP contribution in [0.3, 0.4) is 0 Å². The van der Waals surface area contributed by atoms with E-state index in [0.717, 1.165) is 33.6 Å². The molecule has 146 valence electrons. The quantitative estimate of drug-likeness (QED) is 0.629. The molecule has 0 bridgehead atoms. The van der Waals surface area contributed by atoms with Gasteiger partial charge < -0.3 is 10.1 Å². The molecule has 0 unspecified atom stereocenters. The predicted molar refractivity (Wildman–Crippen MR) is 114 cm³/mol. The van der Waals surface area contributed by atoms with Gasteiger partial charge in [-0.2, -0.15) is 0 Å². The lowest BCUT2D eigenvalue weighted by Gasteiger charge is -2.21. The number of carbonyl (C=O) groups excluding carboxylic acids is 1. The zero-order chi connectivity index (χ0) is 20.1. The molecule has 0 radical (unpaired) electrons. The molecule has 0 atom stereocenters. The number of hydrogen-bond acceptors (Lipinski definition) is 4. The van der Waals surface area contributed by atoms with Crippen LogP contribution in [0.25, 0.3) is 10.9 Å². The number of pyridine rings is 1. The SMILES string of the molecule is CCN(CC(=O)Nc1ccc(OC)cc1)Cc1nc2ccccc2c(C)c1Cl. The van der Waals surface area contributed by atoms with Gasteiger partial charge in [0, 0.05) is 17.6 Å². The van der Waals surface area contributed by atoms with E-state index in [1.54, 1.807) is 7.11 Å². The molecule has 1 heterocycles. The average molecular weight is 398 g/mol. The Balaban J connectivity index is 1.70. The van der Waals surface area contributed by atoms with Gasteiger partial charge in [-0.15, -0.1) is 0 Å². The zero-order valence-corrected chi connectivity index (χ0v) is 17.1. The molecule has 0 aliphatic rings. The average Bonchev–Trinajstić information content (AvgIpc) is 2.71. The maximum atomic E-state index is 12.5. The van der Waals surface area contributed by atoms with Crippen molar-refractivity contribution in [2.45, 2.75) is 20.4 Å². The molecule has 3 rings (SSSR count). The summed E-state index contributed by atoms with van der Waals surface area (Å²) in [6.07, 6.45) is 0. The Kier molecular flexibility index (Phi) is 6.49. The van der Waals surface area contributed by atoms with E-state index in [0.29, 0.717) is 18.1 Å². The van der Waals surface area contributed by atoms with Crippen molar-refractivity contribution in [2.24, 2.45) is 0 Å². The number of para-hydroxylation sites is 1. The van der Waals surface area contributed by atoms with E-state index < -0.39 is 0 Å². The van der Waals surface area contributed by atoms with Crippen LogP contribution in [0.5, 0.6) is 5.75 Å². The number of aromatic nitrogens is 1. The number of carbonyl (C=O) groups is 1. The highest BCUT2D eigenvalue weighted by Gasteiger charge is 2.15. The zero-order valence-electron chi connectivity index (χ0n) is 16.3. The van der Waals surface area contributed by atoms with Crippen LogP contribution in [0, 0.1) is 6.92 Å². The van der Waals surface area contributed by atoms with Crippen LogP contribution in [0.2, 0.25) is 5.02 Å². The molecular formula is C22H24ClN3O2. The Morgan fingerprint density at radius 1 is 1.18 bits per heavy atom. The minimum atomic E-state index is -0.0827. The number of fused-ring (bicyclic) bond motifs is 1. The van der Waals surface area contributed by atoms with Gasteiger partial charge in [0.25, 0.3) is 0 Å². The Hall–Kier alpha value is -2.63. The van der Waals surface area contributed by atoms with Crippen LogP contribution in [-0.4, -0.2) is 36.0 Å². The first kappa shape index (κ1) is 20.1. The summed E-state index contributed by atoms with van der Waals surface area (Å²) in [7, 11) is 1.61. The molecule has 0 spiro atoms. The smallest absolute Gasteiger partial charge is 0.238 e. The van der Waals surface area contributed by atoms with E-state index in [-0.39, 0.29) is 12.5 Å². The van der Waals surface area contributed by atoms with E-state index in [1.165, 1.54) is 0 Å². The highest BCUT2D eigenvalue weighted by Crippen LogP contribution is 2.27. The summed E-state index contributed by atoms with van der Waals surface area (Å²) in [5.41, 5.74) is 3.45. The molecule has 0 aliphatic heterocycles. The maximum Gasteiger partial charge on any atom is 0.238 e. The molecule has 28 heavy (non-hydrogen) atoms. The summed E-state index contributed by atoms with van der Waals surface area (Å²) in [6.45, 7) is 5.49. The van der Waals surface area contributed by atoms with E-state index in [4.69, 9.17) is 21.3 Å². The van der Waals surface area contributed by atoms with Gasteiger partial charge >= 0.3 is 0 Å². The van der Waals surface area contributed by atoms with Gasteiger partial charge in [-0.05, 0) is 49.4 Å². The summed E-state index contributed by atoms with van der Waals surface area (Å²) < 4.78 is 5.13. The van der Waals surface area contributed by atoms with Crippen molar-refractivity contribution in [2.75, 3.05) is 25.5 Å². The lowest BCUT2D eigenvalue weighted by Crippen LogP contribution is -2.33. The number of halogens is 1. The highest BCUT2D eigenvalue weighted by atomic mass is 35.5. The molecule has 0 fully saturated rings. The van der Waals surface area contributed by atoms with Crippen LogP contribution in [0.15, 0.2) is 48.5 Å². The normalized spacial score (nSPS) is 11.0. The minimum absolute atomic E-state index is 0.0827. The fourth-order valence-electron chi connectivity index (χ4n) is 3.09. The second-order valence-corrected chi connectivity index (χ2v) is 6.97. The second-order valence-electron chi connectivity index (χ2n) is 6.59. The molecule has 1 amide bonds. The summed E-state index contributed by atoms with van der Waals surface area (Å²) in [5.74, 6) is 0.668. The fourth-order valence-corrected chi connectivity index (χ4v) is 3.30. The monoisotopic (exact) mass is 397 g/mol. The van der Waals surface area contributed by atoms with Gasteiger partial charge in [0.05, 0.1) is 29.9 Å². The van der Waals surface area contributed by atoms with Crippen molar-refractivity contribution < 1.29 is 9.53 Å². The number of nitrogens with zero attached hydrogens (tertiary/aromatic N) is 2. The standard InChI is InChI=1S/C22H24ClN3O2/c1-4-26(14-21(27)24-16-9-11-17(28-3)12-10-16)13-20-22(23)15(2)18-7-5-6-8-19(18)25-20/h5-12H,4,13-14H2,1-3H3,(H,24,27). The molecule has 5 nitrogen and oxygen atoms in total. The first-order chi connectivity index (χ1) is 13.5. The Morgan fingerprint density at radius 2 is 1.89 bits per heavy atom. The lowest BCUT2D eigenvalue weighted by atomic mass is 10.1. The number of hydrogen-bond donors (Lipinski definition) is 1. The summed E-state index contributed by atoms with van der Waals surface area (Å²) in [4.78, 5) is 19.2. The molecule has 6 heteroatoms. The second kappa shape index (κ2) is 9.04. The molecule has 2 aromatic carbocycles. The van der Waals surface area contributed by atoms with Crippen LogP contribution in [0.1, 0.15) is 18.2 Å². The van der Waals surface area contributed by atoms with Crippen molar-refractivity contribution >= 4 is 34.1 Å². The topological polar surface area (TPSA) is 54.5 Å². The van der Waals surface area contributed by atoms with Crippen molar-refractivity contribution in [1.29, 1.82) is 0 Å². The molecule has 3 aromatic rings. The number of ether oxygens (including phenoxy) is 1. The number of rotatable bonds is 7. The van der Waals surface area contributed by atoms with E-state index >= 15 is 0 Å². The van der Waals surface area contributed by atoms with E-state index in [9.17, 15) is 4.79 Å². The number of aryl methyl sites for hydroxylation is 1. The Labute approximate surface area is 170 Å². The molecule has 0 aliphatic carbocycles. The van der Waals surface area contributed by atoms with E-state index in [2.05, 4.69) is 5.32 Å². The Morgan fingerprint density at radius 3 is 2.57 bits per heavy atom. The third kappa shape index (κ3) is 4.61. The van der Waals surface area contributed by atoms with Crippen LogP contribution in [0.4, 0.5) is 5.69 Å². The van der Waals surface area contributed by atoms with Crippen LogP contribution < -0.4 is 10.1 Å². The van der Waals surface area contributed by atoms with Crippen molar-refractivity contribution in [1.82, 2.24) is 9.88 Å². The Bertz CT molecular complexity index is 973. The third-order valence-electron chi connectivity index (χ3n) is 4.71. The number of methoxy groups -OCH3 is 1. The van der Waals surface area contributed by atoms with Gasteiger partial charge in [0.15, 0.2) is 0 Å². The van der Waals surface area contributed by atoms with Gasteiger partial charge in [-0.1, -0.05) is 36.7 Å². The summed E-state index contributed by atoms with van der Waals surface area (Å²) in [5, 5.41) is 4.62. The molecule has 0 saturated carbocycles. The fraction of sp³-hybridized carbons (Fsp3) is 0.273. The first-order valence-corrected chi connectivity index (χ1v) is 9.59. The summed E-state index contributed by atoms with van der Waals surface area (Å²) in [6, 6.07) is 15.2. The number of anilines is 1. The third-order valence-corrected chi connectivity index (χ3v) is 5.21. The van der Waals surface area contributed by atoms with Gasteiger partial charge in [-0.3, -0.25) is 9.69 Å². The largest absolute Gasteiger partial charge is 0.497 e. The predicted octanol–water partition coefficient (Wildman–Crippen LogP) is 4.67. The van der Waals surface area contributed by atoms with Crippen molar-refractivity contribution in [3.05, 3.63) is 64.8 Å². The van der Waals surface area contributed by atoms with Crippen molar-refractivity contribution in [3.8, 4) is 5.75 Å². The molecule has 1 N–H and O–H groups in total. The van der Waals surface area contributed by atoms with Gasteiger partial charge in [0.2, 0.25) is 5.91 Å². The highest BCUT2D eigenvalue weighted by molar-refractivity contribution is 6.32. The first-order valence-electron chi connectivity index (χ1n) is 9.21. The van der Waals surface area contributed by atoms with Gasteiger partial charge in [0.1, 0.15) is 5.75 Å². The van der Waals surface area contributed by atoms with Gasteiger partial charge in [-0.25, -0.2) is 4.98 Å². The molecular weight excluding hydrogens is 374 g/mol. The number of likely N-dealkylation sites (N-methyl/N-ethyl adjacent to an activating group) is 1. The van der Waals surface area contributed by atoms with Crippen LogP contribution >= 0.6 is 11.6 Å². The van der Waals surface area contributed by atoms with Crippen molar-refractivity contribution in [3.63, 3.8) is 0 Å².